The first kappa shape index (κ1) is 10.4. The summed E-state index contributed by atoms with van der Waals surface area (Å²) < 4.78 is 12.5. The van der Waals surface area contributed by atoms with Gasteiger partial charge in [0.1, 0.15) is 11.6 Å². The molecule has 1 nitrogen and oxygen atoms in total. The molecule has 0 aliphatic heterocycles. The highest BCUT2D eigenvalue weighted by atomic mass is 79.9. The van der Waals surface area contributed by atoms with Gasteiger partial charge in [0, 0.05) is 11.2 Å². The molecule has 1 unspecified atom stereocenters. The van der Waals surface area contributed by atoms with Gasteiger partial charge in [0.25, 0.3) is 0 Å². The van der Waals surface area contributed by atoms with E-state index in [0.29, 0.717) is 6.42 Å². The van der Waals surface area contributed by atoms with Crippen molar-refractivity contribution in [2.45, 2.75) is 18.2 Å². The quantitative estimate of drug-likeness (QED) is 0.747. The Labute approximate surface area is 85.1 Å². The Balaban J connectivity index is 2.71. The van der Waals surface area contributed by atoms with E-state index in [4.69, 9.17) is 0 Å². The number of rotatable bonds is 3. The number of carbonyl (C=O) groups excluding carboxylic acids is 1. The van der Waals surface area contributed by atoms with Gasteiger partial charge in [-0.05, 0) is 24.6 Å². The summed E-state index contributed by atoms with van der Waals surface area (Å²) in [5.41, 5.74) is 0.927. The number of alkyl halides is 1. The van der Waals surface area contributed by atoms with Crippen LogP contribution in [0.15, 0.2) is 24.3 Å². The maximum absolute atomic E-state index is 12.5. The van der Waals surface area contributed by atoms with E-state index in [1.165, 1.54) is 19.1 Å². The Morgan fingerprint density at radius 3 is 2.46 bits per heavy atom. The van der Waals surface area contributed by atoms with E-state index in [0.717, 1.165) is 5.56 Å². The van der Waals surface area contributed by atoms with Gasteiger partial charge in [-0.2, -0.15) is 0 Å². The van der Waals surface area contributed by atoms with E-state index in [1.807, 2.05) is 0 Å². The van der Waals surface area contributed by atoms with Crippen LogP contribution in [0.3, 0.4) is 0 Å². The number of Topliss-reactive ketones (excluding diaryl/α,β-unsaturated/α-hetero) is 1. The summed E-state index contributed by atoms with van der Waals surface area (Å²) in [4.78, 5) is 10.8. The molecule has 13 heavy (non-hydrogen) atoms. The zero-order valence-electron chi connectivity index (χ0n) is 7.26. The normalized spacial score (nSPS) is 12.5. The lowest BCUT2D eigenvalue weighted by atomic mass is 10.1. The number of ketones is 1. The lowest BCUT2D eigenvalue weighted by Crippen LogP contribution is -1.97. The molecule has 3 heteroatoms. The number of hydrogen-bond acceptors (Lipinski definition) is 1. The van der Waals surface area contributed by atoms with Gasteiger partial charge in [-0.3, -0.25) is 4.79 Å². The largest absolute Gasteiger partial charge is 0.300 e. The molecule has 1 atom stereocenters. The molecule has 0 N–H and O–H groups in total. The number of hydrogen-bond donors (Lipinski definition) is 0. The topological polar surface area (TPSA) is 17.1 Å². The van der Waals surface area contributed by atoms with Gasteiger partial charge in [0.05, 0.1) is 0 Å². The lowest BCUT2D eigenvalue weighted by molar-refractivity contribution is -0.116. The highest BCUT2D eigenvalue weighted by Gasteiger charge is 2.09. The van der Waals surface area contributed by atoms with E-state index in [9.17, 15) is 9.18 Å². The van der Waals surface area contributed by atoms with Gasteiger partial charge in [0.15, 0.2) is 0 Å². The summed E-state index contributed by atoms with van der Waals surface area (Å²) in [5, 5.41) is 0. The summed E-state index contributed by atoms with van der Waals surface area (Å²) in [6.07, 6.45) is 0.436. The molecule has 0 spiro atoms. The van der Waals surface area contributed by atoms with Crippen molar-refractivity contribution in [3.63, 3.8) is 0 Å². The van der Waals surface area contributed by atoms with Crippen LogP contribution in [0.25, 0.3) is 0 Å². The van der Waals surface area contributed by atoms with Crippen LogP contribution in [-0.4, -0.2) is 5.78 Å². The SMILES string of the molecule is CC(=O)CC(Br)c1ccc(F)cc1. The third-order valence-corrected chi connectivity index (χ3v) is 2.55. The predicted octanol–water partition coefficient (Wildman–Crippen LogP) is 3.24. The Kier molecular flexibility index (Phi) is 3.60. The summed E-state index contributed by atoms with van der Waals surface area (Å²) in [5.74, 6) is -0.141. The van der Waals surface area contributed by atoms with E-state index in [1.54, 1.807) is 12.1 Å². The highest BCUT2D eigenvalue weighted by Crippen LogP contribution is 2.26. The van der Waals surface area contributed by atoms with Gasteiger partial charge in [-0.1, -0.05) is 28.1 Å². The molecule has 0 heterocycles. The molecule has 0 amide bonds. The zero-order chi connectivity index (χ0) is 9.84. The fraction of sp³-hybridized carbons (Fsp3) is 0.300. The van der Waals surface area contributed by atoms with Gasteiger partial charge in [0.2, 0.25) is 0 Å². The van der Waals surface area contributed by atoms with Gasteiger partial charge in [-0.25, -0.2) is 4.39 Å². The summed E-state index contributed by atoms with van der Waals surface area (Å²) in [6, 6.07) is 6.14. The molecule has 0 fully saturated rings. The number of carbonyl (C=O) groups is 1. The highest BCUT2D eigenvalue weighted by molar-refractivity contribution is 9.09. The minimum absolute atomic E-state index is 0.00870. The molecule has 0 bridgehead atoms. The molecule has 0 aliphatic rings. The summed E-state index contributed by atoms with van der Waals surface area (Å²) >= 11 is 3.37. The number of halogens is 2. The minimum Gasteiger partial charge on any atom is -0.300 e. The molecular weight excluding hydrogens is 235 g/mol. The molecule has 0 saturated heterocycles. The average molecular weight is 245 g/mol. The molecular formula is C10H10BrFO. The minimum atomic E-state index is -0.258. The van der Waals surface area contributed by atoms with Crippen LogP contribution in [0.5, 0.6) is 0 Å². The molecule has 0 aliphatic carbocycles. The molecule has 0 saturated carbocycles. The fourth-order valence-electron chi connectivity index (χ4n) is 1.04. The molecule has 70 valence electrons. The fourth-order valence-corrected chi connectivity index (χ4v) is 1.80. The van der Waals surface area contributed by atoms with Crippen LogP contribution in [0.2, 0.25) is 0 Å². The Hall–Kier alpha value is -0.700. The number of benzene rings is 1. The van der Waals surface area contributed by atoms with Crippen LogP contribution in [0.4, 0.5) is 4.39 Å². The van der Waals surface area contributed by atoms with E-state index < -0.39 is 0 Å². The smallest absolute Gasteiger partial charge is 0.131 e. The Morgan fingerprint density at radius 2 is 2.00 bits per heavy atom. The second-order valence-electron chi connectivity index (χ2n) is 2.93. The van der Waals surface area contributed by atoms with Crippen molar-refractivity contribution in [2.75, 3.05) is 0 Å². The third-order valence-electron chi connectivity index (χ3n) is 1.70. The second kappa shape index (κ2) is 4.51. The van der Waals surface area contributed by atoms with Gasteiger partial charge < -0.3 is 0 Å². The molecule has 1 aromatic carbocycles. The van der Waals surface area contributed by atoms with Crippen LogP contribution in [0, 0.1) is 5.82 Å². The first-order valence-electron chi connectivity index (χ1n) is 3.98. The van der Waals surface area contributed by atoms with Crippen LogP contribution in [0.1, 0.15) is 23.7 Å². The van der Waals surface area contributed by atoms with E-state index >= 15 is 0 Å². The van der Waals surface area contributed by atoms with Crippen molar-refractivity contribution in [1.82, 2.24) is 0 Å². The van der Waals surface area contributed by atoms with Gasteiger partial charge >= 0.3 is 0 Å². The van der Waals surface area contributed by atoms with Gasteiger partial charge in [-0.15, -0.1) is 0 Å². The predicted molar refractivity (Wildman–Crippen MR) is 53.4 cm³/mol. The van der Waals surface area contributed by atoms with Crippen molar-refractivity contribution >= 4 is 21.7 Å². The van der Waals surface area contributed by atoms with Crippen LogP contribution < -0.4 is 0 Å². The third kappa shape index (κ3) is 3.27. The first-order valence-corrected chi connectivity index (χ1v) is 4.90. The van der Waals surface area contributed by atoms with Crippen molar-refractivity contribution in [2.24, 2.45) is 0 Å². The second-order valence-corrected chi connectivity index (χ2v) is 4.03. The molecule has 1 rings (SSSR count). The lowest BCUT2D eigenvalue weighted by Gasteiger charge is -2.06. The van der Waals surface area contributed by atoms with Crippen LogP contribution in [-0.2, 0) is 4.79 Å². The Bertz CT molecular complexity index is 294. The summed E-state index contributed by atoms with van der Waals surface area (Å²) in [6.45, 7) is 1.54. The van der Waals surface area contributed by atoms with Crippen molar-refractivity contribution in [1.29, 1.82) is 0 Å². The standard InChI is InChI=1S/C10H10BrFO/c1-7(13)6-10(11)8-2-4-9(12)5-3-8/h2-5,10H,6H2,1H3. The zero-order valence-corrected chi connectivity index (χ0v) is 8.84. The maximum atomic E-state index is 12.5. The van der Waals surface area contributed by atoms with Crippen molar-refractivity contribution < 1.29 is 9.18 Å². The van der Waals surface area contributed by atoms with Crippen molar-refractivity contribution in [3.8, 4) is 0 Å². The molecule has 0 radical (unpaired) electrons. The monoisotopic (exact) mass is 244 g/mol. The van der Waals surface area contributed by atoms with Crippen molar-refractivity contribution in [3.05, 3.63) is 35.6 Å². The summed E-state index contributed by atoms with van der Waals surface area (Å²) in [7, 11) is 0. The average Bonchev–Trinajstić information content (AvgIpc) is 2.04. The van der Waals surface area contributed by atoms with Crippen LogP contribution >= 0.6 is 15.9 Å². The van der Waals surface area contributed by atoms with E-state index in [-0.39, 0.29) is 16.4 Å². The molecule has 1 aromatic rings. The van der Waals surface area contributed by atoms with E-state index in [2.05, 4.69) is 15.9 Å². The Morgan fingerprint density at radius 1 is 1.46 bits per heavy atom. The first-order chi connectivity index (χ1) is 6.09. The maximum Gasteiger partial charge on any atom is 0.131 e. The molecule has 0 aromatic heterocycles.